The largest absolute Gasteiger partial charge is 0.495 e. The van der Waals surface area contributed by atoms with Crippen molar-refractivity contribution in [2.24, 2.45) is 5.92 Å². The van der Waals surface area contributed by atoms with Crippen molar-refractivity contribution in [2.45, 2.75) is 6.42 Å². The zero-order valence-corrected chi connectivity index (χ0v) is 8.75. The van der Waals surface area contributed by atoms with Crippen molar-refractivity contribution in [1.82, 2.24) is 0 Å². The van der Waals surface area contributed by atoms with Crippen LogP contribution >= 0.6 is 15.9 Å². The minimum absolute atomic E-state index is 0.00352. The highest BCUT2D eigenvalue weighted by Gasteiger charge is 2.25. The van der Waals surface area contributed by atoms with Crippen LogP contribution in [0.4, 0.5) is 0 Å². The predicted molar refractivity (Wildman–Crippen MR) is 54.3 cm³/mol. The molecule has 1 aliphatic carbocycles. The normalized spacial score (nSPS) is 26.6. The molecule has 0 radical (unpaired) electrons. The number of ether oxygens (including phenoxy) is 1. The molecule has 0 aromatic heterocycles. The van der Waals surface area contributed by atoms with E-state index in [-0.39, 0.29) is 6.61 Å². The van der Waals surface area contributed by atoms with Gasteiger partial charge in [0.2, 0.25) is 0 Å². The molecule has 70 valence electrons. The van der Waals surface area contributed by atoms with E-state index in [1.807, 2.05) is 12.2 Å². The van der Waals surface area contributed by atoms with Crippen LogP contribution in [-0.4, -0.2) is 18.3 Å². The van der Waals surface area contributed by atoms with E-state index in [4.69, 9.17) is 9.84 Å². The van der Waals surface area contributed by atoms with Gasteiger partial charge in [-0.15, -0.1) is 0 Å². The summed E-state index contributed by atoms with van der Waals surface area (Å²) < 4.78 is 6.56. The zero-order chi connectivity index (χ0) is 9.26. The average Bonchev–Trinajstić information content (AvgIpc) is 2.18. The molecule has 0 aromatic carbocycles. The van der Waals surface area contributed by atoms with Crippen LogP contribution in [-0.2, 0) is 4.74 Å². The Balaban J connectivity index is 2.38. The number of rotatable bonds is 1. The highest BCUT2D eigenvalue weighted by molar-refractivity contribution is 9.11. The van der Waals surface area contributed by atoms with Gasteiger partial charge in [-0.1, -0.05) is 34.2 Å². The maximum atomic E-state index is 9.06. The molecule has 1 heterocycles. The molecule has 2 rings (SSSR count). The van der Waals surface area contributed by atoms with Crippen molar-refractivity contribution >= 4 is 15.9 Å². The second-order valence-electron chi connectivity index (χ2n) is 3.14. The molecule has 0 amide bonds. The zero-order valence-electron chi connectivity index (χ0n) is 7.16. The SMILES string of the molecule is OCC1=C2C=CC=C(Br)C2CCO1. The average molecular weight is 243 g/mol. The third-order valence-corrected chi connectivity index (χ3v) is 3.20. The molecule has 1 unspecified atom stereocenters. The van der Waals surface area contributed by atoms with Gasteiger partial charge < -0.3 is 9.84 Å². The summed E-state index contributed by atoms with van der Waals surface area (Å²) in [6.45, 7) is 0.692. The lowest BCUT2D eigenvalue weighted by atomic mass is 9.89. The molecule has 0 fully saturated rings. The fraction of sp³-hybridized carbons (Fsp3) is 0.400. The molecule has 0 saturated carbocycles. The van der Waals surface area contributed by atoms with Crippen LogP contribution in [0.15, 0.2) is 34.0 Å². The third kappa shape index (κ3) is 1.58. The van der Waals surface area contributed by atoms with Gasteiger partial charge in [-0.05, 0) is 6.42 Å². The first-order valence-electron chi connectivity index (χ1n) is 4.33. The summed E-state index contributed by atoms with van der Waals surface area (Å²) in [5.74, 6) is 1.11. The number of aliphatic hydroxyl groups is 1. The first kappa shape index (κ1) is 9.03. The Bertz CT molecular complexity index is 302. The van der Waals surface area contributed by atoms with Crippen LogP contribution in [0.1, 0.15) is 6.42 Å². The Morgan fingerprint density at radius 1 is 1.62 bits per heavy atom. The summed E-state index contributed by atoms with van der Waals surface area (Å²) in [5, 5.41) is 9.06. The lowest BCUT2D eigenvalue weighted by Gasteiger charge is -2.28. The van der Waals surface area contributed by atoms with Crippen LogP contribution in [0, 0.1) is 5.92 Å². The van der Waals surface area contributed by atoms with Crippen LogP contribution in [0.5, 0.6) is 0 Å². The predicted octanol–water partition coefficient (Wildman–Crippen LogP) is 2.12. The molecule has 1 atom stereocenters. The van der Waals surface area contributed by atoms with Gasteiger partial charge in [-0.25, -0.2) is 0 Å². The van der Waals surface area contributed by atoms with Gasteiger partial charge in [-0.3, -0.25) is 0 Å². The molecular weight excluding hydrogens is 232 g/mol. The van der Waals surface area contributed by atoms with Crippen LogP contribution in [0.2, 0.25) is 0 Å². The quantitative estimate of drug-likeness (QED) is 0.764. The van der Waals surface area contributed by atoms with Gasteiger partial charge in [0.15, 0.2) is 0 Å². The molecule has 2 nitrogen and oxygen atoms in total. The summed E-state index contributed by atoms with van der Waals surface area (Å²) in [4.78, 5) is 0. The molecule has 2 aliphatic rings. The topological polar surface area (TPSA) is 29.5 Å². The van der Waals surface area contributed by atoms with Crippen molar-refractivity contribution in [1.29, 1.82) is 0 Å². The Morgan fingerprint density at radius 2 is 2.46 bits per heavy atom. The van der Waals surface area contributed by atoms with E-state index in [9.17, 15) is 0 Å². The van der Waals surface area contributed by atoms with E-state index in [2.05, 4.69) is 22.0 Å². The van der Waals surface area contributed by atoms with Crippen LogP contribution in [0.25, 0.3) is 0 Å². The van der Waals surface area contributed by atoms with Crippen molar-refractivity contribution in [3.8, 4) is 0 Å². The Hall–Kier alpha value is -0.540. The van der Waals surface area contributed by atoms with E-state index >= 15 is 0 Å². The monoisotopic (exact) mass is 242 g/mol. The number of aliphatic hydroxyl groups excluding tert-OH is 1. The fourth-order valence-electron chi connectivity index (χ4n) is 1.73. The van der Waals surface area contributed by atoms with E-state index < -0.39 is 0 Å². The van der Waals surface area contributed by atoms with Crippen molar-refractivity contribution in [3.05, 3.63) is 34.0 Å². The fourth-order valence-corrected chi connectivity index (χ4v) is 2.35. The van der Waals surface area contributed by atoms with E-state index in [0.29, 0.717) is 12.5 Å². The first-order valence-corrected chi connectivity index (χ1v) is 5.12. The van der Waals surface area contributed by atoms with E-state index in [1.165, 1.54) is 4.48 Å². The molecule has 0 saturated heterocycles. The molecule has 0 bridgehead atoms. The molecule has 1 N–H and O–H groups in total. The van der Waals surface area contributed by atoms with Crippen molar-refractivity contribution in [2.75, 3.05) is 13.2 Å². The van der Waals surface area contributed by atoms with Gasteiger partial charge in [0.05, 0.1) is 6.61 Å². The van der Waals surface area contributed by atoms with E-state index in [0.717, 1.165) is 17.8 Å². The Morgan fingerprint density at radius 3 is 3.23 bits per heavy atom. The highest BCUT2D eigenvalue weighted by Crippen LogP contribution is 2.37. The number of fused-ring (bicyclic) bond motifs is 1. The highest BCUT2D eigenvalue weighted by atomic mass is 79.9. The molecular formula is C10H11BrO2. The summed E-state index contributed by atoms with van der Waals surface area (Å²) in [6, 6.07) is 0. The van der Waals surface area contributed by atoms with Gasteiger partial charge in [0, 0.05) is 16.0 Å². The lowest BCUT2D eigenvalue weighted by molar-refractivity contribution is 0.133. The molecule has 0 aromatic rings. The summed E-state index contributed by atoms with van der Waals surface area (Å²) >= 11 is 3.53. The molecule has 0 spiro atoms. The van der Waals surface area contributed by atoms with Crippen molar-refractivity contribution < 1.29 is 9.84 Å². The summed E-state index contributed by atoms with van der Waals surface area (Å²) in [6.07, 6.45) is 7.02. The number of hydrogen-bond donors (Lipinski definition) is 1. The second-order valence-corrected chi connectivity index (χ2v) is 4.05. The van der Waals surface area contributed by atoms with Gasteiger partial charge in [0.1, 0.15) is 12.4 Å². The van der Waals surface area contributed by atoms with Gasteiger partial charge >= 0.3 is 0 Å². The molecule has 1 aliphatic heterocycles. The minimum Gasteiger partial charge on any atom is -0.495 e. The maximum Gasteiger partial charge on any atom is 0.125 e. The van der Waals surface area contributed by atoms with Crippen LogP contribution in [0.3, 0.4) is 0 Å². The maximum absolute atomic E-state index is 9.06. The van der Waals surface area contributed by atoms with E-state index in [1.54, 1.807) is 0 Å². The molecule has 13 heavy (non-hydrogen) atoms. The minimum atomic E-state index is -0.00352. The van der Waals surface area contributed by atoms with Gasteiger partial charge in [0.25, 0.3) is 0 Å². The summed E-state index contributed by atoms with van der Waals surface area (Å²) in [7, 11) is 0. The van der Waals surface area contributed by atoms with Gasteiger partial charge in [-0.2, -0.15) is 0 Å². The van der Waals surface area contributed by atoms with Crippen LogP contribution < -0.4 is 0 Å². The lowest BCUT2D eigenvalue weighted by Crippen LogP contribution is -2.19. The number of hydrogen-bond acceptors (Lipinski definition) is 2. The van der Waals surface area contributed by atoms with Crippen molar-refractivity contribution in [3.63, 3.8) is 0 Å². The Labute approximate surface area is 85.7 Å². The molecule has 3 heteroatoms. The summed E-state index contributed by atoms with van der Waals surface area (Å²) in [5.41, 5.74) is 1.11. The number of halogens is 1. The third-order valence-electron chi connectivity index (χ3n) is 2.39. The smallest absolute Gasteiger partial charge is 0.125 e. The number of allylic oxidation sites excluding steroid dienone is 5. The second kappa shape index (κ2) is 3.68. The standard InChI is InChI=1S/C10H11BrO2/c11-9-3-1-2-8-7(9)4-5-13-10(8)6-12/h1-3,7,12H,4-6H2. The Kier molecular flexibility index (Phi) is 2.56. The first-order chi connectivity index (χ1) is 6.33.